The molecule has 2 rings (SSSR count). The van der Waals surface area contributed by atoms with Crippen molar-refractivity contribution in [2.45, 2.75) is 32.2 Å². The molecule has 0 radical (unpaired) electrons. The van der Waals surface area contributed by atoms with Gasteiger partial charge in [0.2, 0.25) is 11.6 Å². The quantitative estimate of drug-likeness (QED) is 0.608. The van der Waals surface area contributed by atoms with Gasteiger partial charge in [-0.15, -0.1) is 0 Å². The van der Waals surface area contributed by atoms with E-state index in [0.717, 1.165) is 12.8 Å². The summed E-state index contributed by atoms with van der Waals surface area (Å²) >= 11 is 0. The predicted molar refractivity (Wildman–Crippen MR) is 63.5 cm³/mol. The topological polar surface area (TPSA) is 107 Å². The van der Waals surface area contributed by atoms with Gasteiger partial charge in [-0.05, 0) is 25.7 Å². The van der Waals surface area contributed by atoms with Crippen molar-refractivity contribution in [3.8, 4) is 0 Å². The van der Waals surface area contributed by atoms with Crippen LogP contribution >= 0.6 is 0 Å². The summed E-state index contributed by atoms with van der Waals surface area (Å²) in [4.78, 5) is 17.9. The molecule has 1 aromatic rings. The molecule has 1 aliphatic carbocycles. The second kappa shape index (κ2) is 4.52. The van der Waals surface area contributed by atoms with Crippen LogP contribution in [0, 0.1) is 16.0 Å². The summed E-state index contributed by atoms with van der Waals surface area (Å²) in [6, 6.07) is 0.164. The number of nitrogen functional groups attached to an aromatic ring is 1. The van der Waals surface area contributed by atoms with E-state index in [2.05, 4.69) is 15.3 Å². The standard InChI is InChI=1S/C10H15N5O2/c1-6(7-3-2-4-7)14-10-8(15(16)17)9(11)12-5-13-10/h5-7H,2-4H2,1H3,(H3,11,12,13,14). The third-order valence-corrected chi connectivity index (χ3v) is 3.25. The van der Waals surface area contributed by atoms with Crippen LogP contribution in [0.5, 0.6) is 0 Å². The van der Waals surface area contributed by atoms with Gasteiger partial charge >= 0.3 is 5.69 Å². The highest BCUT2D eigenvalue weighted by Crippen LogP contribution is 2.33. The maximum Gasteiger partial charge on any atom is 0.352 e. The number of hydrogen-bond donors (Lipinski definition) is 2. The largest absolute Gasteiger partial charge is 0.378 e. The minimum absolute atomic E-state index is 0.103. The zero-order valence-corrected chi connectivity index (χ0v) is 9.59. The molecule has 0 bridgehead atoms. The lowest BCUT2D eigenvalue weighted by Crippen LogP contribution is -2.31. The van der Waals surface area contributed by atoms with E-state index in [9.17, 15) is 10.1 Å². The number of nitrogens with two attached hydrogens (primary N) is 1. The molecule has 1 atom stereocenters. The monoisotopic (exact) mass is 237 g/mol. The number of rotatable bonds is 4. The van der Waals surface area contributed by atoms with Crippen molar-refractivity contribution >= 4 is 17.3 Å². The van der Waals surface area contributed by atoms with E-state index in [0.29, 0.717) is 5.92 Å². The Morgan fingerprint density at radius 3 is 2.82 bits per heavy atom. The molecule has 1 aliphatic rings. The highest BCUT2D eigenvalue weighted by Gasteiger charge is 2.27. The first-order valence-electron chi connectivity index (χ1n) is 5.61. The number of anilines is 2. The summed E-state index contributed by atoms with van der Waals surface area (Å²) in [5.74, 6) is 0.668. The molecular weight excluding hydrogens is 222 g/mol. The number of aromatic nitrogens is 2. The van der Waals surface area contributed by atoms with Gasteiger partial charge in [0, 0.05) is 6.04 Å². The van der Waals surface area contributed by atoms with Crippen molar-refractivity contribution in [2.24, 2.45) is 5.92 Å². The van der Waals surface area contributed by atoms with E-state index < -0.39 is 4.92 Å². The van der Waals surface area contributed by atoms with Crippen LogP contribution in [0.25, 0.3) is 0 Å². The van der Waals surface area contributed by atoms with Crippen molar-refractivity contribution in [3.63, 3.8) is 0 Å². The van der Waals surface area contributed by atoms with E-state index >= 15 is 0 Å². The van der Waals surface area contributed by atoms with Crippen LogP contribution in [0.3, 0.4) is 0 Å². The summed E-state index contributed by atoms with van der Waals surface area (Å²) in [5.41, 5.74) is 5.25. The maximum absolute atomic E-state index is 10.9. The maximum atomic E-state index is 10.9. The van der Waals surface area contributed by atoms with E-state index in [-0.39, 0.29) is 23.4 Å². The third-order valence-electron chi connectivity index (χ3n) is 3.25. The second-order valence-electron chi connectivity index (χ2n) is 4.34. The minimum atomic E-state index is -0.550. The number of hydrogen-bond acceptors (Lipinski definition) is 6. The minimum Gasteiger partial charge on any atom is -0.378 e. The Balaban J connectivity index is 2.19. The van der Waals surface area contributed by atoms with E-state index in [1.54, 1.807) is 0 Å². The second-order valence-corrected chi connectivity index (χ2v) is 4.34. The lowest BCUT2D eigenvalue weighted by atomic mass is 9.80. The van der Waals surface area contributed by atoms with Crippen LogP contribution < -0.4 is 11.1 Å². The molecule has 7 heteroatoms. The lowest BCUT2D eigenvalue weighted by molar-refractivity contribution is -0.383. The number of nitro groups is 1. The zero-order valence-electron chi connectivity index (χ0n) is 9.59. The highest BCUT2D eigenvalue weighted by atomic mass is 16.6. The van der Waals surface area contributed by atoms with Crippen LogP contribution in [0.15, 0.2) is 6.33 Å². The molecule has 0 aliphatic heterocycles. The molecule has 1 saturated carbocycles. The van der Waals surface area contributed by atoms with Gasteiger partial charge in [-0.25, -0.2) is 9.97 Å². The molecule has 1 fully saturated rings. The van der Waals surface area contributed by atoms with Gasteiger partial charge < -0.3 is 11.1 Å². The number of nitrogens with one attached hydrogen (secondary N) is 1. The van der Waals surface area contributed by atoms with Crippen molar-refractivity contribution in [2.75, 3.05) is 11.1 Å². The van der Waals surface area contributed by atoms with E-state index in [4.69, 9.17) is 5.73 Å². The Morgan fingerprint density at radius 2 is 2.29 bits per heavy atom. The Hall–Kier alpha value is -1.92. The average Bonchev–Trinajstić information content (AvgIpc) is 2.13. The molecule has 3 N–H and O–H groups in total. The first-order valence-corrected chi connectivity index (χ1v) is 5.61. The van der Waals surface area contributed by atoms with Crippen LogP contribution in [-0.2, 0) is 0 Å². The van der Waals surface area contributed by atoms with Gasteiger partial charge in [-0.1, -0.05) is 6.42 Å². The summed E-state index contributed by atoms with van der Waals surface area (Å²) in [7, 11) is 0. The van der Waals surface area contributed by atoms with Gasteiger partial charge in [0.05, 0.1) is 4.92 Å². The molecule has 0 aromatic carbocycles. The highest BCUT2D eigenvalue weighted by molar-refractivity contribution is 5.67. The Morgan fingerprint density at radius 1 is 1.59 bits per heavy atom. The molecule has 1 heterocycles. The van der Waals surface area contributed by atoms with E-state index in [1.165, 1.54) is 12.7 Å². The Labute approximate surface area is 98.6 Å². The Kier molecular flexibility index (Phi) is 3.08. The van der Waals surface area contributed by atoms with E-state index in [1.807, 2.05) is 6.92 Å². The van der Waals surface area contributed by atoms with Gasteiger partial charge in [0.25, 0.3) is 0 Å². The molecule has 0 amide bonds. The molecule has 7 nitrogen and oxygen atoms in total. The van der Waals surface area contributed by atoms with Crippen molar-refractivity contribution in [3.05, 3.63) is 16.4 Å². The molecular formula is C10H15N5O2. The van der Waals surface area contributed by atoms with Crippen LogP contribution in [0.4, 0.5) is 17.3 Å². The summed E-state index contributed by atoms with van der Waals surface area (Å²) in [6.45, 7) is 2.01. The molecule has 17 heavy (non-hydrogen) atoms. The summed E-state index contributed by atoms with van der Waals surface area (Å²) in [5, 5.41) is 13.9. The summed E-state index contributed by atoms with van der Waals surface area (Å²) in [6.07, 6.45) is 4.77. The lowest BCUT2D eigenvalue weighted by Gasteiger charge is -2.31. The molecule has 1 unspecified atom stereocenters. The SMILES string of the molecule is CC(Nc1ncnc(N)c1[N+](=O)[O-])C1CCC1. The molecule has 0 saturated heterocycles. The smallest absolute Gasteiger partial charge is 0.352 e. The van der Waals surface area contributed by atoms with Gasteiger partial charge in [-0.3, -0.25) is 10.1 Å². The van der Waals surface area contributed by atoms with Gasteiger partial charge in [0.1, 0.15) is 6.33 Å². The average molecular weight is 237 g/mol. The summed E-state index contributed by atoms with van der Waals surface area (Å²) < 4.78 is 0. The normalized spacial score (nSPS) is 17.2. The molecule has 0 spiro atoms. The first kappa shape index (κ1) is 11.6. The van der Waals surface area contributed by atoms with Crippen molar-refractivity contribution < 1.29 is 4.92 Å². The fraction of sp³-hybridized carbons (Fsp3) is 0.600. The molecule has 92 valence electrons. The Bertz CT molecular complexity index is 433. The first-order chi connectivity index (χ1) is 8.09. The third kappa shape index (κ3) is 2.27. The fourth-order valence-corrected chi connectivity index (χ4v) is 1.95. The van der Waals surface area contributed by atoms with Crippen LogP contribution in [0.2, 0.25) is 0 Å². The van der Waals surface area contributed by atoms with Crippen LogP contribution in [-0.4, -0.2) is 20.9 Å². The predicted octanol–water partition coefficient (Wildman–Crippen LogP) is 1.57. The molecule has 1 aromatic heterocycles. The van der Waals surface area contributed by atoms with Gasteiger partial charge in [0.15, 0.2) is 0 Å². The fourth-order valence-electron chi connectivity index (χ4n) is 1.95. The number of nitrogens with zero attached hydrogens (tertiary/aromatic N) is 3. The van der Waals surface area contributed by atoms with Crippen molar-refractivity contribution in [1.82, 2.24) is 9.97 Å². The van der Waals surface area contributed by atoms with Crippen LogP contribution in [0.1, 0.15) is 26.2 Å². The zero-order chi connectivity index (χ0) is 12.4. The van der Waals surface area contributed by atoms with Crippen molar-refractivity contribution in [1.29, 1.82) is 0 Å². The van der Waals surface area contributed by atoms with Gasteiger partial charge in [-0.2, -0.15) is 0 Å².